The highest BCUT2D eigenvalue weighted by atomic mass is 19.1. The number of methoxy groups -OCH3 is 1. The molecule has 0 bridgehead atoms. The summed E-state index contributed by atoms with van der Waals surface area (Å²) in [5.41, 5.74) is 1.33. The van der Waals surface area contributed by atoms with Crippen LogP contribution in [-0.4, -0.2) is 63.8 Å². The van der Waals surface area contributed by atoms with Crippen molar-refractivity contribution >= 4 is 17.7 Å². The van der Waals surface area contributed by atoms with E-state index < -0.39 is 35.1 Å². The monoisotopic (exact) mass is 578 g/mol. The summed E-state index contributed by atoms with van der Waals surface area (Å²) in [5.74, 6) is -1.94. The van der Waals surface area contributed by atoms with Gasteiger partial charge in [0.2, 0.25) is 5.91 Å². The number of carbonyl (C=O) groups excluding carboxylic acids is 3. The lowest BCUT2D eigenvalue weighted by Gasteiger charge is -2.28. The van der Waals surface area contributed by atoms with Crippen LogP contribution in [0.1, 0.15) is 36.0 Å². The van der Waals surface area contributed by atoms with Crippen molar-refractivity contribution in [2.75, 3.05) is 20.8 Å². The summed E-state index contributed by atoms with van der Waals surface area (Å²) in [4.78, 5) is 64.8. The Morgan fingerprint density at radius 1 is 1.12 bits per heavy atom. The SMILES string of the molecule is COC[C@@H](Cn1c(=O)cnn(-c2ccc(C)c(CC(=O)C3=CN(C)C(=O)C[C@H]3c3ccc(F)cc3)c2)c1=O)OC(C)=O. The molecule has 0 aliphatic carbocycles. The van der Waals surface area contributed by atoms with E-state index >= 15 is 0 Å². The van der Waals surface area contributed by atoms with Gasteiger partial charge in [-0.1, -0.05) is 18.2 Å². The molecule has 11 nitrogen and oxygen atoms in total. The number of aryl methyl sites for hydroxylation is 1. The van der Waals surface area contributed by atoms with Crippen molar-refractivity contribution in [3.63, 3.8) is 0 Å². The lowest BCUT2D eigenvalue weighted by atomic mass is 9.82. The van der Waals surface area contributed by atoms with Crippen LogP contribution < -0.4 is 11.2 Å². The zero-order valence-electron chi connectivity index (χ0n) is 23.7. The van der Waals surface area contributed by atoms with E-state index in [0.717, 1.165) is 21.0 Å². The van der Waals surface area contributed by atoms with Crippen LogP contribution in [0.3, 0.4) is 0 Å². The van der Waals surface area contributed by atoms with Crippen LogP contribution >= 0.6 is 0 Å². The molecule has 0 saturated heterocycles. The predicted molar refractivity (Wildman–Crippen MR) is 150 cm³/mol. The van der Waals surface area contributed by atoms with Crippen LogP contribution in [0.25, 0.3) is 5.69 Å². The van der Waals surface area contributed by atoms with E-state index in [9.17, 15) is 28.4 Å². The molecule has 2 heterocycles. The van der Waals surface area contributed by atoms with E-state index in [1.807, 2.05) is 6.92 Å². The normalized spacial score (nSPS) is 15.7. The number of carbonyl (C=O) groups is 3. The number of benzene rings is 2. The standard InChI is InChI=1S/C30H31FN4O7/c1-18-5-10-23(35-30(40)34(29(39)14-32-35)15-24(17-41-4)42-19(2)36)11-21(18)12-27(37)26-16-33(3)28(38)13-25(26)20-6-8-22(31)9-7-20/h5-11,14,16,24-25H,12-13,15,17H2,1-4H3/t24-,25+/m1/s1. The summed E-state index contributed by atoms with van der Waals surface area (Å²) in [5, 5.41) is 4.00. The third-order valence-corrected chi connectivity index (χ3v) is 7.04. The second-order valence-electron chi connectivity index (χ2n) is 10.1. The van der Waals surface area contributed by atoms with Crippen molar-refractivity contribution in [2.45, 2.75) is 45.3 Å². The van der Waals surface area contributed by atoms with Gasteiger partial charge >= 0.3 is 11.7 Å². The largest absolute Gasteiger partial charge is 0.458 e. The summed E-state index contributed by atoms with van der Waals surface area (Å²) in [6, 6.07) is 10.7. The Labute approximate surface area is 240 Å². The Hall–Kier alpha value is -4.71. The second kappa shape index (κ2) is 12.9. The number of Topliss-reactive ketones (excluding diaryl/α,β-unsaturated/α-hetero) is 1. The molecule has 1 aliphatic rings. The third-order valence-electron chi connectivity index (χ3n) is 7.04. The number of aromatic nitrogens is 3. The van der Waals surface area contributed by atoms with Gasteiger partial charge in [-0.3, -0.25) is 23.7 Å². The Morgan fingerprint density at radius 3 is 2.50 bits per heavy atom. The molecule has 12 heteroatoms. The van der Waals surface area contributed by atoms with Crippen molar-refractivity contribution in [1.29, 1.82) is 0 Å². The molecule has 2 atom stereocenters. The fraction of sp³-hybridized carbons (Fsp3) is 0.333. The summed E-state index contributed by atoms with van der Waals surface area (Å²) in [7, 11) is 2.98. The van der Waals surface area contributed by atoms with E-state index in [4.69, 9.17) is 9.47 Å². The van der Waals surface area contributed by atoms with Crippen LogP contribution in [0, 0.1) is 12.7 Å². The van der Waals surface area contributed by atoms with Gasteiger partial charge in [0.1, 0.15) is 18.1 Å². The molecule has 4 rings (SSSR count). The molecule has 0 saturated carbocycles. The number of halogens is 1. The van der Waals surface area contributed by atoms with Gasteiger partial charge in [-0.2, -0.15) is 9.78 Å². The maximum Gasteiger partial charge on any atom is 0.352 e. The fourth-order valence-electron chi connectivity index (χ4n) is 4.84. The molecule has 220 valence electrons. The summed E-state index contributed by atoms with van der Waals surface area (Å²) in [6.45, 7) is 2.77. The first-order valence-corrected chi connectivity index (χ1v) is 13.2. The van der Waals surface area contributed by atoms with Crippen molar-refractivity contribution in [3.8, 4) is 5.69 Å². The molecule has 1 amide bonds. The molecule has 0 N–H and O–H groups in total. The highest BCUT2D eigenvalue weighted by Gasteiger charge is 2.31. The number of allylic oxidation sites excluding steroid dienone is 1. The molecule has 0 unspecified atom stereocenters. The van der Waals surface area contributed by atoms with Gasteiger partial charge < -0.3 is 14.4 Å². The van der Waals surface area contributed by atoms with Crippen LogP contribution in [-0.2, 0) is 36.8 Å². The number of esters is 1. The smallest absolute Gasteiger partial charge is 0.352 e. The molecule has 42 heavy (non-hydrogen) atoms. The highest BCUT2D eigenvalue weighted by Crippen LogP contribution is 2.34. The molecule has 3 aromatic rings. The lowest BCUT2D eigenvalue weighted by molar-refractivity contribution is -0.149. The van der Waals surface area contributed by atoms with Crippen LogP contribution in [0.15, 0.2) is 70.0 Å². The van der Waals surface area contributed by atoms with Crippen molar-refractivity contribution in [1.82, 2.24) is 19.2 Å². The van der Waals surface area contributed by atoms with E-state index in [-0.39, 0.29) is 37.7 Å². The zero-order valence-corrected chi connectivity index (χ0v) is 23.7. The molecule has 0 spiro atoms. The van der Waals surface area contributed by atoms with Gasteiger partial charge in [0.25, 0.3) is 5.56 Å². The average Bonchev–Trinajstić information content (AvgIpc) is 2.94. The minimum absolute atomic E-state index is 0.0277. The second-order valence-corrected chi connectivity index (χ2v) is 10.1. The number of hydrogen-bond donors (Lipinski definition) is 0. The fourth-order valence-corrected chi connectivity index (χ4v) is 4.84. The van der Waals surface area contributed by atoms with Gasteiger partial charge in [-0.25, -0.2) is 9.18 Å². The van der Waals surface area contributed by atoms with Crippen molar-refractivity contribution < 1.29 is 28.2 Å². The van der Waals surface area contributed by atoms with E-state index in [1.165, 1.54) is 37.3 Å². The maximum absolute atomic E-state index is 13.6. The molecule has 0 fully saturated rings. The minimum atomic E-state index is -0.872. The minimum Gasteiger partial charge on any atom is -0.458 e. The molecular formula is C30H31FN4O7. The van der Waals surface area contributed by atoms with Gasteiger partial charge in [-0.05, 0) is 47.9 Å². The number of amides is 1. The Morgan fingerprint density at radius 2 is 1.83 bits per heavy atom. The van der Waals surface area contributed by atoms with Crippen LogP contribution in [0.4, 0.5) is 4.39 Å². The Bertz CT molecular complexity index is 1660. The predicted octanol–water partition coefficient (Wildman–Crippen LogP) is 2.06. The number of rotatable bonds is 10. The number of hydrogen-bond acceptors (Lipinski definition) is 8. The van der Waals surface area contributed by atoms with Gasteiger partial charge in [0.15, 0.2) is 5.78 Å². The maximum atomic E-state index is 13.6. The molecule has 1 aliphatic heterocycles. The van der Waals surface area contributed by atoms with Crippen molar-refractivity contribution in [2.24, 2.45) is 0 Å². The van der Waals surface area contributed by atoms with Crippen LogP contribution in [0.5, 0.6) is 0 Å². The first kappa shape index (κ1) is 30.3. The summed E-state index contributed by atoms with van der Waals surface area (Å²) >= 11 is 0. The first-order valence-electron chi connectivity index (χ1n) is 13.2. The topological polar surface area (TPSA) is 130 Å². The quantitative estimate of drug-likeness (QED) is 0.335. The highest BCUT2D eigenvalue weighted by molar-refractivity contribution is 6.00. The van der Waals surface area contributed by atoms with Crippen molar-refractivity contribution in [3.05, 3.63) is 104 Å². The summed E-state index contributed by atoms with van der Waals surface area (Å²) < 4.78 is 25.7. The van der Waals surface area contributed by atoms with Gasteiger partial charge in [-0.15, -0.1) is 0 Å². The lowest BCUT2D eigenvalue weighted by Crippen LogP contribution is -2.44. The average molecular weight is 579 g/mol. The first-order chi connectivity index (χ1) is 20.0. The Balaban J connectivity index is 1.66. The molecule has 1 aromatic heterocycles. The summed E-state index contributed by atoms with van der Waals surface area (Å²) in [6.07, 6.45) is 1.65. The molecule has 0 radical (unpaired) electrons. The zero-order chi connectivity index (χ0) is 30.6. The number of ketones is 1. The van der Waals surface area contributed by atoms with E-state index in [1.54, 1.807) is 37.4 Å². The van der Waals surface area contributed by atoms with E-state index in [0.29, 0.717) is 22.4 Å². The van der Waals surface area contributed by atoms with Gasteiger partial charge in [0.05, 0.1) is 18.8 Å². The third kappa shape index (κ3) is 6.77. The number of ether oxygens (including phenoxy) is 2. The molecular weight excluding hydrogens is 547 g/mol. The van der Waals surface area contributed by atoms with Crippen LogP contribution in [0.2, 0.25) is 0 Å². The molecule has 2 aromatic carbocycles. The number of nitrogens with zero attached hydrogens (tertiary/aromatic N) is 4. The Kier molecular flexibility index (Phi) is 9.26. The van der Waals surface area contributed by atoms with E-state index in [2.05, 4.69) is 5.10 Å². The van der Waals surface area contributed by atoms with Gasteiger partial charge in [0, 0.05) is 51.6 Å².